The second-order valence-electron chi connectivity index (χ2n) is 4.13. The number of ether oxygens (including phenoxy) is 1. The molecule has 0 aliphatic rings. The lowest BCUT2D eigenvalue weighted by atomic mass is 10.3. The Balaban J connectivity index is 1.95. The van der Waals surface area contributed by atoms with Gasteiger partial charge in [0.05, 0.1) is 12.8 Å². The van der Waals surface area contributed by atoms with Crippen molar-refractivity contribution < 1.29 is 14.4 Å². The van der Waals surface area contributed by atoms with Gasteiger partial charge in [0.2, 0.25) is 0 Å². The number of benzene rings is 1. The van der Waals surface area contributed by atoms with Crippen LogP contribution in [0.25, 0.3) is 0 Å². The van der Waals surface area contributed by atoms with Gasteiger partial charge in [0.1, 0.15) is 11.5 Å². The molecule has 0 fully saturated rings. The van der Waals surface area contributed by atoms with Gasteiger partial charge < -0.3 is 4.74 Å². The van der Waals surface area contributed by atoms with Crippen LogP contribution in [0.4, 0.5) is 10.5 Å². The Hall–Kier alpha value is -2.89. The molecular weight excluding hydrogens is 270 g/mol. The molecule has 1 N–H and O–H groups in total. The van der Waals surface area contributed by atoms with E-state index in [-0.39, 0.29) is 0 Å². The van der Waals surface area contributed by atoms with Crippen LogP contribution in [0.3, 0.4) is 0 Å². The van der Waals surface area contributed by atoms with E-state index in [1.54, 1.807) is 56.6 Å². The Morgan fingerprint density at radius 1 is 1.24 bits per heavy atom. The van der Waals surface area contributed by atoms with Crippen LogP contribution >= 0.6 is 0 Å². The first-order chi connectivity index (χ1) is 10.2. The predicted octanol–water partition coefficient (Wildman–Crippen LogP) is 3.06. The fourth-order valence-corrected chi connectivity index (χ4v) is 1.57. The number of pyridine rings is 1. The smallest absolute Gasteiger partial charge is 0.437 e. The van der Waals surface area contributed by atoms with E-state index < -0.39 is 6.09 Å². The summed E-state index contributed by atoms with van der Waals surface area (Å²) >= 11 is 0. The molecule has 6 nitrogen and oxygen atoms in total. The second kappa shape index (κ2) is 7.04. The van der Waals surface area contributed by atoms with Gasteiger partial charge in [-0.2, -0.15) is 0 Å². The summed E-state index contributed by atoms with van der Waals surface area (Å²) in [6, 6.07) is 12.3. The lowest BCUT2D eigenvalue weighted by Crippen LogP contribution is -2.12. The van der Waals surface area contributed by atoms with Crippen LogP contribution in [0.2, 0.25) is 0 Å². The zero-order valence-electron chi connectivity index (χ0n) is 11.7. The molecule has 2 aromatic rings. The van der Waals surface area contributed by atoms with Gasteiger partial charge in [-0.25, -0.2) is 4.79 Å². The molecule has 1 heterocycles. The normalized spacial score (nSPS) is 10.9. The number of carbonyl (C=O) groups excluding carboxylic acids is 1. The summed E-state index contributed by atoms with van der Waals surface area (Å²) in [5.74, 6) is 0.640. The summed E-state index contributed by atoms with van der Waals surface area (Å²) < 4.78 is 5.06. The van der Waals surface area contributed by atoms with Gasteiger partial charge in [-0.15, -0.1) is 0 Å². The highest BCUT2D eigenvalue weighted by atomic mass is 16.7. The minimum atomic E-state index is -0.682. The second-order valence-corrected chi connectivity index (χ2v) is 4.13. The molecule has 0 bridgehead atoms. The summed E-state index contributed by atoms with van der Waals surface area (Å²) in [5.41, 5.74) is 1.72. The number of hydrogen-bond donors (Lipinski definition) is 1. The van der Waals surface area contributed by atoms with Gasteiger partial charge >= 0.3 is 6.09 Å². The molecule has 21 heavy (non-hydrogen) atoms. The highest BCUT2D eigenvalue weighted by Gasteiger charge is 2.05. The minimum absolute atomic E-state index is 0.511. The van der Waals surface area contributed by atoms with Crippen LogP contribution < -0.4 is 10.1 Å². The van der Waals surface area contributed by atoms with Crippen molar-refractivity contribution in [3.63, 3.8) is 0 Å². The fraction of sp³-hybridized carbons (Fsp3) is 0.133. The lowest BCUT2D eigenvalue weighted by molar-refractivity contribution is 0.166. The fourth-order valence-electron chi connectivity index (χ4n) is 1.57. The monoisotopic (exact) mass is 285 g/mol. The van der Waals surface area contributed by atoms with Gasteiger partial charge in [-0.3, -0.25) is 15.1 Å². The summed E-state index contributed by atoms with van der Waals surface area (Å²) in [4.78, 5) is 20.5. The predicted molar refractivity (Wildman–Crippen MR) is 79.5 cm³/mol. The Kier molecular flexibility index (Phi) is 4.87. The van der Waals surface area contributed by atoms with Gasteiger partial charge in [-0.05, 0) is 31.2 Å². The van der Waals surface area contributed by atoms with E-state index >= 15 is 0 Å². The molecular formula is C15H15N3O3. The average Bonchev–Trinajstić information content (AvgIpc) is 2.53. The highest BCUT2D eigenvalue weighted by molar-refractivity contribution is 5.97. The number of oxime groups is 1. The van der Waals surface area contributed by atoms with Crippen molar-refractivity contribution in [3.05, 3.63) is 54.4 Å². The van der Waals surface area contributed by atoms with Gasteiger partial charge in [0.15, 0.2) is 0 Å². The largest absolute Gasteiger partial charge is 0.497 e. The molecule has 0 aliphatic heterocycles. The highest BCUT2D eigenvalue weighted by Crippen LogP contribution is 2.16. The summed E-state index contributed by atoms with van der Waals surface area (Å²) in [5, 5.41) is 6.30. The summed E-state index contributed by atoms with van der Waals surface area (Å²) in [6.07, 6.45) is 0.962. The lowest BCUT2D eigenvalue weighted by Gasteiger charge is -2.05. The third-order valence-electron chi connectivity index (χ3n) is 2.62. The summed E-state index contributed by atoms with van der Waals surface area (Å²) in [7, 11) is 1.55. The van der Waals surface area contributed by atoms with Gasteiger partial charge in [-0.1, -0.05) is 17.3 Å². The molecule has 1 aromatic heterocycles. The van der Waals surface area contributed by atoms with E-state index in [1.807, 2.05) is 6.07 Å². The Labute approximate surface area is 122 Å². The number of nitrogens with zero attached hydrogens (tertiary/aromatic N) is 2. The number of methoxy groups -OCH3 is 1. The number of hydrogen-bond acceptors (Lipinski definition) is 5. The number of anilines is 1. The number of aromatic nitrogens is 1. The molecule has 1 amide bonds. The third-order valence-corrected chi connectivity index (χ3v) is 2.62. The zero-order valence-corrected chi connectivity index (χ0v) is 11.7. The van der Waals surface area contributed by atoms with E-state index in [0.717, 1.165) is 0 Å². The number of nitrogens with one attached hydrogen (secondary N) is 1. The first-order valence-electron chi connectivity index (χ1n) is 6.27. The van der Waals surface area contributed by atoms with E-state index in [9.17, 15) is 4.79 Å². The quantitative estimate of drug-likeness (QED) is 0.532. The first-order valence-corrected chi connectivity index (χ1v) is 6.27. The van der Waals surface area contributed by atoms with Gasteiger partial charge in [0.25, 0.3) is 0 Å². The maximum absolute atomic E-state index is 11.6. The molecule has 0 saturated heterocycles. The third kappa shape index (κ3) is 4.31. The average molecular weight is 285 g/mol. The molecule has 0 spiro atoms. The molecule has 0 aliphatic carbocycles. The van der Waals surface area contributed by atoms with E-state index in [2.05, 4.69) is 15.5 Å². The van der Waals surface area contributed by atoms with Crippen molar-refractivity contribution in [3.8, 4) is 5.75 Å². The van der Waals surface area contributed by atoms with E-state index in [4.69, 9.17) is 9.57 Å². The van der Waals surface area contributed by atoms with E-state index in [1.165, 1.54) is 0 Å². The topological polar surface area (TPSA) is 72.8 Å². The Morgan fingerprint density at radius 2 is 2.10 bits per heavy atom. The molecule has 0 unspecified atom stereocenters. The van der Waals surface area contributed by atoms with Crippen molar-refractivity contribution in [2.45, 2.75) is 6.92 Å². The van der Waals surface area contributed by atoms with Crippen LogP contribution in [0.5, 0.6) is 5.75 Å². The number of rotatable bonds is 4. The summed E-state index contributed by atoms with van der Waals surface area (Å²) in [6.45, 7) is 1.71. The van der Waals surface area contributed by atoms with Crippen molar-refractivity contribution >= 4 is 17.5 Å². The van der Waals surface area contributed by atoms with Gasteiger partial charge in [0, 0.05) is 18.0 Å². The number of amides is 1. The maximum Gasteiger partial charge on any atom is 0.437 e. The van der Waals surface area contributed by atoms with Crippen LogP contribution in [-0.2, 0) is 4.84 Å². The standard InChI is InChI=1S/C15H15N3O3/c1-11(14-8-3-4-9-16-14)18-21-15(19)17-12-6-5-7-13(10-12)20-2/h3-10H,1-2H3,(H,17,19)/b18-11+. The first kappa shape index (κ1) is 14.5. The molecule has 0 radical (unpaired) electrons. The van der Waals surface area contributed by atoms with Crippen LogP contribution in [0.1, 0.15) is 12.6 Å². The minimum Gasteiger partial charge on any atom is -0.497 e. The molecule has 1 aromatic carbocycles. The van der Waals surface area contributed by atoms with E-state index in [0.29, 0.717) is 22.8 Å². The Bertz CT molecular complexity index is 642. The molecule has 0 saturated carbocycles. The van der Waals surface area contributed by atoms with Crippen molar-refractivity contribution in [2.24, 2.45) is 5.16 Å². The van der Waals surface area contributed by atoms with Crippen molar-refractivity contribution in [1.29, 1.82) is 0 Å². The van der Waals surface area contributed by atoms with Crippen molar-refractivity contribution in [1.82, 2.24) is 4.98 Å². The SMILES string of the molecule is COc1cccc(NC(=O)O/N=C(\C)c2ccccn2)c1. The van der Waals surface area contributed by atoms with Crippen LogP contribution in [0, 0.1) is 0 Å². The van der Waals surface area contributed by atoms with Crippen LogP contribution in [-0.4, -0.2) is 23.9 Å². The molecule has 2 rings (SSSR count). The number of carbonyl (C=O) groups is 1. The molecule has 108 valence electrons. The molecule has 0 atom stereocenters. The Morgan fingerprint density at radius 3 is 2.81 bits per heavy atom. The molecule has 6 heteroatoms. The zero-order chi connectivity index (χ0) is 15.1. The maximum atomic E-state index is 11.6. The van der Waals surface area contributed by atoms with Crippen LogP contribution in [0.15, 0.2) is 53.8 Å². The van der Waals surface area contributed by atoms with Crippen molar-refractivity contribution in [2.75, 3.05) is 12.4 Å².